The van der Waals surface area contributed by atoms with Gasteiger partial charge in [-0.15, -0.1) is 0 Å². The number of benzene rings is 1. The largest absolute Gasteiger partial charge is 0.496 e. The first kappa shape index (κ1) is 14.4. The molecule has 0 bridgehead atoms. The molecule has 0 aromatic heterocycles. The number of aliphatic hydroxyl groups excluding tert-OH is 1. The van der Waals surface area contributed by atoms with Gasteiger partial charge < -0.3 is 14.6 Å². The topological polar surface area (TPSA) is 38.7 Å². The number of methoxy groups -OCH3 is 1. The zero-order valence-electron chi connectivity index (χ0n) is 12.3. The molecule has 0 aliphatic heterocycles. The van der Waals surface area contributed by atoms with Gasteiger partial charge in [0.2, 0.25) is 0 Å². The Labute approximate surface area is 115 Å². The Hall–Kier alpha value is -1.06. The molecular formula is C16H24O3. The Balaban J connectivity index is 2.33. The fraction of sp³-hybridized carbons (Fsp3) is 0.625. The van der Waals surface area contributed by atoms with Crippen molar-refractivity contribution in [2.45, 2.75) is 45.8 Å². The number of aliphatic hydroxyl groups is 1. The second-order valence-electron chi connectivity index (χ2n) is 5.40. The predicted octanol–water partition coefficient (Wildman–Crippen LogP) is 3.16. The molecule has 0 saturated heterocycles. The minimum Gasteiger partial charge on any atom is -0.496 e. The van der Waals surface area contributed by atoms with Crippen LogP contribution in [-0.2, 0) is 4.74 Å². The summed E-state index contributed by atoms with van der Waals surface area (Å²) in [6, 6.07) is 4.05. The first-order valence-electron chi connectivity index (χ1n) is 7.03. The number of aryl methyl sites for hydroxylation is 2. The molecule has 0 radical (unpaired) electrons. The van der Waals surface area contributed by atoms with E-state index in [0.717, 1.165) is 35.3 Å². The van der Waals surface area contributed by atoms with Crippen LogP contribution in [0.3, 0.4) is 0 Å². The lowest BCUT2D eigenvalue weighted by Gasteiger charge is -2.26. The van der Waals surface area contributed by atoms with Crippen molar-refractivity contribution in [1.29, 1.82) is 0 Å². The fourth-order valence-corrected chi connectivity index (χ4v) is 2.75. The van der Waals surface area contributed by atoms with Crippen molar-refractivity contribution in [2.75, 3.05) is 13.7 Å². The molecule has 2 unspecified atom stereocenters. The van der Waals surface area contributed by atoms with E-state index in [1.165, 1.54) is 0 Å². The average molecular weight is 264 g/mol. The van der Waals surface area contributed by atoms with Gasteiger partial charge in [-0.3, -0.25) is 0 Å². The minimum atomic E-state index is -0.608. The summed E-state index contributed by atoms with van der Waals surface area (Å²) >= 11 is 0. The van der Waals surface area contributed by atoms with E-state index in [-0.39, 0.29) is 6.10 Å². The maximum atomic E-state index is 10.7. The summed E-state index contributed by atoms with van der Waals surface area (Å²) in [5.74, 6) is 1.25. The highest BCUT2D eigenvalue weighted by atomic mass is 16.5. The van der Waals surface area contributed by atoms with Crippen LogP contribution in [0.5, 0.6) is 5.75 Å². The van der Waals surface area contributed by atoms with Gasteiger partial charge in [0, 0.05) is 12.2 Å². The third kappa shape index (κ3) is 3.10. The molecule has 0 amide bonds. The molecule has 1 aliphatic carbocycles. The van der Waals surface area contributed by atoms with E-state index < -0.39 is 6.10 Å². The summed E-state index contributed by atoms with van der Waals surface area (Å²) in [6.07, 6.45) is 1.58. The van der Waals surface area contributed by atoms with E-state index in [2.05, 4.69) is 6.07 Å². The standard InChI is InChI=1S/C16H24O3/c1-5-19-16(12-6-7-12)15(17)14-11(3)8-10(2)9-13(14)18-4/h8-9,12,15-17H,5-7H2,1-4H3. The molecule has 1 fully saturated rings. The van der Waals surface area contributed by atoms with Gasteiger partial charge in [0.25, 0.3) is 0 Å². The van der Waals surface area contributed by atoms with Crippen molar-refractivity contribution >= 4 is 0 Å². The molecule has 3 heteroatoms. The summed E-state index contributed by atoms with van der Waals surface area (Å²) in [6.45, 7) is 6.66. The Bertz CT molecular complexity index is 438. The first-order chi connectivity index (χ1) is 9.08. The lowest BCUT2D eigenvalue weighted by Crippen LogP contribution is -2.25. The van der Waals surface area contributed by atoms with Crippen LogP contribution in [0, 0.1) is 19.8 Å². The molecule has 106 valence electrons. The first-order valence-corrected chi connectivity index (χ1v) is 7.03. The van der Waals surface area contributed by atoms with Crippen LogP contribution in [-0.4, -0.2) is 24.9 Å². The summed E-state index contributed by atoms with van der Waals surface area (Å²) in [7, 11) is 1.65. The predicted molar refractivity (Wildman–Crippen MR) is 75.6 cm³/mol. The van der Waals surface area contributed by atoms with E-state index in [4.69, 9.17) is 9.47 Å². The number of hydrogen-bond donors (Lipinski definition) is 1. The van der Waals surface area contributed by atoms with Gasteiger partial charge in [-0.25, -0.2) is 0 Å². The molecular weight excluding hydrogens is 240 g/mol. The SMILES string of the molecule is CCOC(C1CC1)C(O)c1c(C)cc(C)cc1OC. The summed E-state index contributed by atoms with van der Waals surface area (Å²) in [5, 5.41) is 10.7. The zero-order valence-corrected chi connectivity index (χ0v) is 12.3. The number of rotatable bonds is 6. The van der Waals surface area contributed by atoms with Crippen molar-refractivity contribution in [3.05, 3.63) is 28.8 Å². The van der Waals surface area contributed by atoms with E-state index in [1.54, 1.807) is 7.11 Å². The quantitative estimate of drug-likeness (QED) is 0.857. The highest BCUT2D eigenvalue weighted by Gasteiger charge is 2.38. The van der Waals surface area contributed by atoms with Crippen molar-refractivity contribution in [3.63, 3.8) is 0 Å². The van der Waals surface area contributed by atoms with Crippen molar-refractivity contribution in [3.8, 4) is 5.75 Å². The average Bonchev–Trinajstić information content (AvgIpc) is 3.18. The molecule has 2 rings (SSSR count). The molecule has 1 aliphatic rings. The third-order valence-corrected chi connectivity index (χ3v) is 3.77. The van der Waals surface area contributed by atoms with Gasteiger partial charge in [-0.2, -0.15) is 0 Å². The highest BCUT2D eigenvalue weighted by molar-refractivity contribution is 5.45. The number of hydrogen-bond acceptors (Lipinski definition) is 3. The summed E-state index contributed by atoms with van der Waals surface area (Å²) in [5.41, 5.74) is 3.08. The van der Waals surface area contributed by atoms with Crippen molar-refractivity contribution in [2.24, 2.45) is 5.92 Å². The maximum absolute atomic E-state index is 10.7. The normalized spacial score (nSPS) is 18.2. The van der Waals surface area contributed by atoms with Gasteiger partial charge in [0.15, 0.2) is 0 Å². The van der Waals surface area contributed by atoms with Crippen LogP contribution < -0.4 is 4.74 Å². The second kappa shape index (κ2) is 5.93. The van der Waals surface area contributed by atoms with Gasteiger partial charge >= 0.3 is 0 Å². The molecule has 19 heavy (non-hydrogen) atoms. The Morgan fingerprint density at radius 2 is 2.00 bits per heavy atom. The second-order valence-corrected chi connectivity index (χ2v) is 5.40. The van der Waals surface area contributed by atoms with E-state index >= 15 is 0 Å². The minimum absolute atomic E-state index is 0.111. The molecule has 1 N–H and O–H groups in total. The molecule has 3 nitrogen and oxygen atoms in total. The van der Waals surface area contributed by atoms with Crippen LogP contribution >= 0.6 is 0 Å². The van der Waals surface area contributed by atoms with Gasteiger partial charge in [0.1, 0.15) is 11.9 Å². The smallest absolute Gasteiger partial charge is 0.125 e. The van der Waals surface area contributed by atoms with E-state index in [0.29, 0.717) is 12.5 Å². The molecule has 1 saturated carbocycles. The molecule has 0 heterocycles. The molecule has 1 aromatic carbocycles. The van der Waals surface area contributed by atoms with Gasteiger partial charge in [-0.1, -0.05) is 6.07 Å². The highest BCUT2D eigenvalue weighted by Crippen LogP contribution is 2.42. The number of ether oxygens (including phenoxy) is 2. The molecule has 2 atom stereocenters. The zero-order chi connectivity index (χ0) is 14.0. The van der Waals surface area contributed by atoms with Crippen LogP contribution in [0.2, 0.25) is 0 Å². The fourth-order valence-electron chi connectivity index (χ4n) is 2.75. The summed E-state index contributed by atoms with van der Waals surface area (Å²) in [4.78, 5) is 0. The lowest BCUT2D eigenvalue weighted by atomic mass is 9.94. The van der Waals surface area contributed by atoms with Crippen LogP contribution in [0.4, 0.5) is 0 Å². The Morgan fingerprint density at radius 1 is 1.32 bits per heavy atom. The van der Waals surface area contributed by atoms with Crippen molar-refractivity contribution in [1.82, 2.24) is 0 Å². The van der Waals surface area contributed by atoms with Gasteiger partial charge in [0.05, 0.1) is 13.2 Å². The maximum Gasteiger partial charge on any atom is 0.125 e. The molecule has 1 aromatic rings. The van der Waals surface area contributed by atoms with Gasteiger partial charge in [-0.05, 0) is 56.7 Å². The van der Waals surface area contributed by atoms with Crippen molar-refractivity contribution < 1.29 is 14.6 Å². The third-order valence-electron chi connectivity index (χ3n) is 3.77. The van der Waals surface area contributed by atoms with Crippen LogP contribution in [0.1, 0.15) is 42.6 Å². The summed E-state index contributed by atoms with van der Waals surface area (Å²) < 4.78 is 11.2. The monoisotopic (exact) mass is 264 g/mol. The van der Waals surface area contributed by atoms with E-state index in [9.17, 15) is 5.11 Å². The molecule has 0 spiro atoms. The van der Waals surface area contributed by atoms with Crippen LogP contribution in [0.25, 0.3) is 0 Å². The Kier molecular flexibility index (Phi) is 4.48. The Morgan fingerprint density at radius 3 is 2.53 bits per heavy atom. The lowest BCUT2D eigenvalue weighted by molar-refractivity contribution is -0.0471. The van der Waals surface area contributed by atoms with E-state index in [1.807, 2.05) is 26.8 Å². The van der Waals surface area contributed by atoms with Crippen LogP contribution in [0.15, 0.2) is 12.1 Å².